The fourth-order valence-electron chi connectivity index (χ4n) is 2.23. The lowest BCUT2D eigenvalue weighted by molar-refractivity contribution is 0.0554. The minimum atomic E-state index is -0.738. The molecule has 0 amide bonds. The SMILES string of the molecule is CCCCNc1nc(N)ncc1OCc1occ(C(=O)OC)c1C(=O)OC. The summed E-state index contributed by atoms with van der Waals surface area (Å²) in [7, 11) is 2.40. The van der Waals surface area contributed by atoms with Crippen molar-refractivity contribution in [3.8, 4) is 5.75 Å². The zero-order valence-electron chi connectivity index (χ0n) is 15.4. The van der Waals surface area contributed by atoms with Crippen LogP contribution >= 0.6 is 0 Å². The van der Waals surface area contributed by atoms with E-state index in [9.17, 15) is 9.59 Å². The Hall–Kier alpha value is -3.30. The number of nitrogens with zero attached hydrogens (tertiary/aromatic N) is 2. The Labute approximate surface area is 156 Å². The zero-order chi connectivity index (χ0) is 19.8. The van der Waals surface area contributed by atoms with Crippen molar-refractivity contribution < 1.29 is 28.2 Å². The molecule has 2 rings (SSSR count). The van der Waals surface area contributed by atoms with E-state index >= 15 is 0 Å². The molecule has 0 saturated carbocycles. The summed E-state index contributed by atoms with van der Waals surface area (Å²) in [5.74, 6) is -0.496. The molecule has 0 aliphatic carbocycles. The van der Waals surface area contributed by atoms with E-state index in [1.807, 2.05) is 0 Å². The van der Waals surface area contributed by atoms with Crippen molar-refractivity contribution in [3.05, 3.63) is 29.3 Å². The highest BCUT2D eigenvalue weighted by molar-refractivity contribution is 6.03. The van der Waals surface area contributed by atoms with Gasteiger partial charge in [0.15, 0.2) is 17.3 Å². The van der Waals surface area contributed by atoms with E-state index in [4.69, 9.17) is 19.6 Å². The highest BCUT2D eigenvalue weighted by Gasteiger charge is 2.27. The first-order valence-corrected chi connectivity index (χ1v) is 8.27. The molecule has 0 aliphatic rings. The van der Waals surface area contributed by atoms with E-state index in [1.165, 1.54) is 20.4 Å². The molecule has 0 aromatic carbocycles. The Morgan fingerprint density at radius 1 is 1.26 bits per heavy atom. The molecule has 0 radical (unpaired) electrons. The third kappa shape index (κ3) is 4.87. The lowest BCUT2D eigenvalue weighted by atomic mass is 10.1. The number of ether oxygens (including phenoxy) is 3. The van der Waals surface area contributed by atoms with Gasteiger partial charge in [-0.25, -0.2) is 14.6 Å². The number of unbranched alkanes of at least 4 members (excludes halogenated alkanes) is 1. The number of nitrogens with two attached hydrogens (primary N) is 1. The van der Waals surface area contributed by atoms with Gasteiger partial charge in [-0.2, -0.15) is 4.98 Å². The van der Waals surface area contributed by atoms with Gasteiger partial charge in [0.1, 0.15) is 24.0 Å². The molecule has 0 spiro atoms. The lowest BCUT2D eigenvalue weighted by Gasteiger charge is -2.12. The van der Waals surface area contributed by atoms with E-state index in [0.29, 0.717) is 18.1 Å². The predicted octanol–water partition coefficient (Wildman–Crippen LogP) is 2.02. The van der Waals surface area contributed by atoms with Crippen LogP contribution in [0, 0.1) is 0 Å². The number of furan rings is 1. The molecule has 3 N–H and O–H groups in total. The first-order chi connectivity index (χ1) is 13.0. The van der Waals surface area contributed by atoms with E-state index in [1.54, 1.807) is 0 Å². The van der Waals surface area contributed by atoms with Crippen LogP contribution < -0.4 is 15.8 Å². The van der Waals surface area contributed by atoms with Crippen molar-refractivity contribution in [1.82, 2.24) is 9.97 Å². The van der Waals surface area contributed by atoms with Gasteiger partial charge in [-0.15, -0.1) is 0 Å². The number of methoxy groups -OCH3 is 2. The molecule has 27 heavy (non-hydrogen) atoms. The molecule has 0 atom stereocenters. The van der Waals surface area contributed by atoms with Crippen molar-refractivity contribution in [2.24, 2.45) is 0 Å². The van der Waals surface area contributed by atoms with Crippen LogP contribution in [-0.4, -0.2) is 42.7 Å². The first kappa shape index (κ1) is 20.0. The second-order valence-corrected chi connectivity index (χ2v) is 5.44. The van der Waals surface area contributed by atoms with Gasteiger partial charge in [-0.1, -0.05) is 13.3 Å². The molecule has 0 saturated heterocycles. The van der Waals surface area contributed by atoms with Gasteiger partial charge in [0.2, 0.25) is 5.95 Å². The summed E-state index contributed by atoms with van der Waals surface area (Å²) >= 11 is 0. The van der Waals surface area contributed by atoms with Crippen LogP contribution in [0.4, 0.5) is 11.8 Å². The molecule has 0 bridgehead atoms. The van der Waals surface area contributed by atoms with Gasteiger partial charge in [0, 0.05) is 6.54 Å². The van der Waals surface area contributed by atoms with Crippen LogP contribution in [0.5, 0.6) is 5.75 Å². The number of rotatable bonds is 9. The molecule has 2 aromatic heterocycles. The number of nitrogens with one attached hydrogen (secondary N) is 1. The maximum atomic E-state index is 12.0. The van der Waals surface area contributed by atoms with Crippen molar-refractivity contribution in [3.63, 3.8) is 0 Å². The summed E-state index contributed by atoms with van der Waals surface area (Å²) in [4.78, 5) is 31.9. The fraction of sp³-hybridized carbons (Fsp3) is 0.412. The average molecular weight is 378 g/mol. The topological polar surface area (TPSA) is 139 Å². The molecule has 146 valence electrons. The summed E-state index contributed by atoms with van der Waals surface area (Å²) in [5, 5.41) is 3.12. The summed E-state index contributed by atoms with van der Waals surface area (Å²) in [6.45, 7) is 2.60. The van der Waals surface area contributed by atoms with Crippen molar-refractivity contribution in [2.45, 2.75) is 26.4 Å². The van der Waals surface area contributed by atoms with Crippen LogP contribution in [0.3, 0.4) is 0 Å². The van der Waals surface area contributed by atoms with Crippen molar-refractivity contribution in [2.75, 3.05) is 31.8 Å². The Kier molecular flexibility index (Phi) is 6.98. The quantitative estimate of drug-likeness (QED) is 0.492. The second kappa shape index (κ2) is 9.41. The van der Waals surface area contributed by atoms with Gasteiger partial charge < -0.3 is 29.7 Å². The lowest BCUT2D eigenvalue weighted by Crippen LogP contribution is -2.13. The summed E-state index contributed by atoms with van der Waals surface area (Å²) in [5.41, 5.74) is 5.53. The Morgan fingerprint density at radius 2 is 2.00 bits per heavy atom. The Bertz CT molecular complexity index is 805. The summed E-state index contributed by atoms with van der Waals surface area (Å²) < 4.78 is 20.3. The van der Waals surface area contributed by atoms with Crippen LogP contribution in [-0.2, 0) is 16.1 Å². The number of nitrogen functional groups attached to an aromatic ring is 1. The number of esters is 2. The maximum absolute atomic E-state index is 12.0. The van der Waals surface area contributed by atoms with Crippen LogP contribution in [0.15, 0.2) is 16.9 Å². The molecule has 10 nitrogen and oxygen atoms in total. The third-order valence-corrected chi connectivity index (χ3v) is 3.62. The smallest absolute Gasteiger partial charge is 0.342 e. The van der Waals surface area contributed by atoms with E-state index in [2.05, 4.69) is 26.9 Å². The number of aromatic nitrogens is 2. The minimum absolute atomic E-state index is 0.0437. The highest BCUT2D eigenvalue weighted by atomic mass is 16.5. The normalized spacial score (nSPS) is 10.3. The molecule has 10 heteroatoms. The van der Waals surface area contributed by atoms with E-state index < -0.39 is 11.9 Å². The third-order valence-electron chi connectivity index (χ3n) is 3.62. The van der Waals surface area contributed by atoms with Gasteiger partial charge in [0.05, 0.1) is 20.4 Å². The van der Waals surface area contributed by atoms with Crippen molar-refractivity contribution in [1.29, 1.82) is 0 Å². The van der Waals surface area contributed by atoms with Gasteiger partial charge in [-0.05, 0) is 6.42 Å². The number of carbonyl (C=O) groups is 2. The van der Waals surface area contributed by atoms with E-state index in [-0.39, 0.29) is 29.4 Å². The predicted molar refractivity (Wildman–Crippen MR) is 95.6 cm³/mol. The highest BCUT2D eigenvalue weighted by Crippen LogP contribution is 2.25. The van der Waals surface area contributed by atoms with Gasteiger partial charge >= 0.3 is 11.9 Å². The minimum Gasteiger partial charge on any atom is -0.480 e. The standard InChI is InChI=1S/C17H22N4O6/c1-4-5-6-19-14-11(7-20-17(18)21-14)27-9-12-13(16(23)25-3)10(8-26-12)15(22)24-2/h7-8H,4-6,9H2,1-3H3,(H3,18,19,20,21). The Balaban J connectivity index is 2.22. The number of anilines is 2. The average Bonchev–Trinajstić information content (AvgIpc) is 3.10. The summed E-state index contributed by atoms with van der Waals surface area (Å²) in [6, 6.07) is 0. The largest absolute Gasteiger partial charge is 0.480 e. The van der Waals surface area contributed by atoms with Gasteiger partial charge in [0.25, 0.3) is 0 Å². The molecule has 0 unspecified atom stereocenters. The number of hydrogen-bond acceptors (Lipinski definition) is 10. The molecule has 0 aliphatic heterocycles. The van der Waals surface area contributed by atoms with E-state index in [0.717, 1.165) is 19.1 Å². The Morgan fingerprint density at radius 3 is 2.67 bits per heavy atom. The fourth-order valence-corrected chi connectivity index (χ4v) is 2.23. The zero-order valence-corrected chi connectivity index (χ0v) is 15.4. The first-order valence-electron chi connectivity index (χ1n) is 8.27. The molecular formula is C17H22N4O6. The number of carbonyl (C=O) groups excluding carboxylic acids is 2. The summed E-state index contributed by atoms with van der Waals surface area (Å²) in [6.07, 6.45) is 4.49. The molecular weight excluding hydrogens is 356 g/mol. The van der Waals surface area contributed by atoms with Crippen molar-refractivity contribution >= 4 is 23.7 Å². The molecule has 0 fully saturated rings. The van der Waals surface area contributed by atoms with Crippen LogP contribution in [0.25, 0.3) is 0 Å². The molecule has 2 aromatic rings. The van der Waals surface area contributed by atoms with Gasteiger partial charge in [-0.3, -0.25) is 0 Å². The van der Waals surface area contributed by atoms with Crippen LogP contribution in [0.2, 0.25) is 0 Å². The van der Waals surface area contributed by atoms with Crippen LogP contribution in [0.1, 0.15) is 46.2 Å². The number of hydrogen-bond donors (Lipinski definition) is 2. The maximum Gasteiger partial charge on any atom is 0.342 e. The second-order valence-electron chi connectivity index (χ2n) is 5.44. The monoisotopic (exact) mass is 378 g/mol. The molecule has 2 heterocycles.